The molecule has 0 saturated heterocycles. The molecule has 0 saturated carbocycles. The van der Waals surface area contributed by atoms with E-state index in [0.29, 0.717) is 17.2 Å². The van der Waals surface area contributed by atoms with Gasteiger partial charge in [-0.1, -0.05) is 70.4 Å². The highest BCUT2D eigenvalue weighted by molar-refractivity contribution is 5.97. The maximum atomic E-state index is 13.4. The molecular formula is C39H44N2O3. The van der Waals surface area contributed by atoms with Gasteiger partial charge < -0.3 is 19.7 Å². The number of fused-ring (bicyclic) bond motifs is 6. The highest BCUT2D eigenvalue weighted by atomic mass is 16.6. The van der Waals surface area contributed by atoms with Gasteiger partial charge in [-0.15, -0.1) is 0 Å². The molecule has 4 aromatic carbocycles. The predicted octanol–water partition coefficient (Wildman–Crippen LogP) is 10.0. The lowest BCUT2D eigenvalue weighted by Gasteiger charge is -2.38. The van der Waals surface area contributed by atoms with E-state index in [2.05, 4.69) is 93.4 Å². The smallest absolute Gasteiger partial charge is 0.340 e. The first-order valence-corrected chi connectivity index (χ1v) is 16.2. The van der Waals surface area contributed by atoms with Crippen LogP contribution in [0, 0.1) is 19.8 Å². The molecule has 5 nitrogen and oxygen atoms in total. The Morgan fingerprint density at radius 2 is 1.64 bits per heavy atom. The number of benzene rings is 4. The van der Waals surface area contributed by atoms with Gasteiger partial charge in [0, 0.05) is 52.9 Å². The summed E-state index contributed by atoms with van der Waals surface area (Å²) in [5.41, 5.74) is 7.36. The third-order valence-corrected chi connectivity index (χ3v) is 8.96. The predicted molar refractivity (Wildman–Crippen MR) is 180 cm³/mol. The second-order valence-electron chi connectivity index (χ2n) is 12.8. The van der Waals surface area contributed by atoms with Crippen LogP contribution in [0.1, 0.15) is 91.1 Å². The van der Waals surface area contributed by atoms with Crippen molar-refractivity contribution in [3.63, 3.8) is 0 Å². The van der Waals surface area contributed by atoms with Crippen molar-refractivity contribution in [1.82, 2.24) is 0 Å². The molecule has 0 amide bonds. The van der Waals surface area contributed by atoms with Crippen LogP contribution < -0.4 is 15.0 Å². The van der Waals surface area contributed by atoms with Gasteiger partial charge in [0.2, 0.25) is 0 Å². The number of carbonyl (C=O) groups excluding carboxylic acids is 1. The number of rotatable bonds is 11. The van der Waals surface area contributed by atoms with Crippen LogP contribution in [0.3, 0.4) is 0 Å². The molecule has 1 unspecified atom stereocenters. The van der Waals surface area contributed by atoms with Crippen molar-refractivity contribution in [3.05, 3.63) is 112 Å². The number of aryl methyl sites for hydroxylation is 2. The molecule has 6 rings (SSSR count). The van der Waals surface area contributed by atoms with E-state index in [0.717, 1.165) is 71.0 Å². The van der Waals surface area contributed by atoms with Crippen molar-refractivity contribution >= 4 is 23.0 Å². The second-order valence-corrected chi connectivity index (χ2v) is 12.8. The highest BCUT2D eigenvalue weighted by Crippen LogP contribution is 2.57. The van der Waals surface area contributed by atoms with Gasteiger partial charge in [-0.05, 0) is 86.2 Å². The summed E-state index contributed by atoms with van der Waals surface area (Å²) in [5, 5.41) is 3.60. The number of esters is 1. The molecule has 2 aliphatic rings. The molecule has 2 heterocycles. The average molecular weight is 589 g/mol. The van der Waals surface area contributed by atoms with Gasteiger partial charge in [0.05, 0.1) is 5.56 Å². The molecule has 1 N–H and O–H groups in total. The number of hydrogen-bond acceptors (Lipinski definition) is 5. The first-order chi connectivity index (χ1) is 21.3. The molecule has 1 spiro atoms. The quantitative estimate of drug-likeness (QED) is 0.140. The lowest BCUT2D eigenvalue weighted by atomic mass is 9.77. The Morgan fingerprint density at radius 1 is 0.818 bits per heavy atom. The van der Waals surface area contributed by atoms with Gasteiger partial charge in [0.1, 0.15) is 11.5 Å². The van der Waals surface area contributed by atoms with Crippen molar-refractivity contribution in [2.45, 2.75) is 72.3 Å². The molecule has 0 bridgehead atoms. The summed E-state index contributed by atoms with van der Waals surface area (Å²) in [6.07, 6.45) is 6.01. The van der Waals surface area contributed by atoms with Gasteiger partial charge in [-0.2, -0.15) is 0 Å². The van der Waals surface area contributed by atoms with Crippen LogP contribution in [0.4, 0.5) is 17.1 Å². The maximum absolute atomic E-state index is 13.4. The zero-order chi connectivity index (χ0) is 30.8. The zero-order valence-corrected chi connectivity index (χ0v) is 26.7. The summed E-state index contributed by atoms with van der Waals surface area (Å²) >= 11 is 0. The standard InChI is InChI=1S/C39H44N2O3/c1-6-7-8-11-20-41(21-19-26(2)3)30-17-18-33-37(24-30)43-36-23-28(5)35(40-29-14-12-13-27(4)22-29)25-34(36)39(33)32-16-10-9-15-31(32)38(42)44-39/h9-10,12-18,22-26,40H,6-8,11,19-21H2,1-5H3. The van der Waals surface area contributed by atoms with E-state index in [4.69, 9.17) is 9.47 Å². The van der Waals surface area contributed by atoms with Crippen molar-refractivity contribution in [2.24, 2.45) is 5.92 Å². The molecule has 2 aliphatic heterocycles. The summed E-state index contributed by atoms with van der Waals surface area (Å²) in [6, 6.07) is 26.7. The normalized spacial score (nSPS) is 16.3. The molecule has 0 aliphatic carbocycles. The number of ether oxygens (including phenoxy) is 2. The second kappa shape index (κ2) is 12.4. The van der Waals surface area contributed by atoms with E-state index in [1.165, 1.54) is 24.8 Å². The van der Waals surface area contributed by atoms with Crippen LogP contribution in [-0.2, 0) is 10.3 Å². The minimum atomic E-state index is -1.10. The fraction of sp³-hybridized carbons (Fsp3) is 0.359. The Labute approximate surface area is 262 Å². The van der Waals surface area contributed by atoms with E-state index in [-0.39, 0.29) is 5.97 Å². The van der Waals surface area contributed by atoms with Crippen molar-refractivity contribution in [1.29, 1.82) is 0 Å². The Morgan fingerprint density at radius 3 is 2.43 bits per heavy atom. The van der Waals surface area contributed by atoms with Crippen LogP contribution in [0.5, 0.6) is 11.5 Å². The van der Waals surface area contributed by atoms with Gasteiger partial charge in [-0.3, -0.25) is 0 Å². The lowest BCUT2D eigenvalue weighted by molar-refractivity contribution is 0.0224. The Kier molecular flexibility index (Phi) is 8.40. The Balaban J connectivity index is 1.46. The molecule has 228 valence electrons. The molecule has 1 atom stereocenters. The minimum Gasteiger partial charge on any atom is -0.456 e. The van der Waals surface area contributed by atoms with Gasteiger partial charge >= 0.3 is 5.97 Å². The molecule has 44 heavy (non-hydrogen) atoms. The fourth-order valence-electron chi connectivity index (χ4n) is 6.53. The van der Waals surface area contributed by atoms with Crippen LogP contribution in [0.2, 0.25) is 0 Å². The third kappa shape index (κ3) is 5.56. The lowest BCUT2D eigenvalue weighted by Crippen LogP contribution is -2.33. The van der Waals surface area contributed by atoms with Crippen molar-refractivity contribution in [3.8, 4) is 11.5 Å². The third-order valence-electron chi connectivity index (χ3n) is 8.96. The highest BCUT2D eigenvalue weighted by Gasteiger charge is 2.53. The summed E-state index contributed by atoms with van der Waals surface area (Å²) in [7, 11) is 0. The first kappa shape index (κ1) is 29.8. The molecule has 0 aromatic heterocycles. The number of anilines is 3. The monoisotopic (exact) mass is 588 g/mol. The summed E-state index contributed by atoms with van der Waals surface area (Å²) in [4.78, 5) is 15.9. The fourth-order valence-corrected chi connectivity index (χ4v) is 6.53. The van der Waals surface area contributed by atoms with E-state index in [1.54, 1.807) is 0 Å². The van der Waals surface area contributed by atoms with E-state index in [9.17, 15) is 4.79 Å². The van der Waals surface area contributed by atoms with Crippen LogP contribution in [0.25, 0.3) is 0 Å². The van der Waals surface area contributed by atoms with Gasteiger partial charge in [-0.25, -0.2) is 4.79 Å². The van der Waals surface area contributed by atoms with Gasteiger partial charge in [0.15, 0.2) is 5.60 Å². The van der Waals surface area contributed by atoms with Crippen LogP contribution >= 0.6 is 0 Å². The number of nitrogens with zero attached hydrogens (tertiary/aromatic N) is 1. The molecule has 0 radical (unpaired) electrons. The largest absolute Gasteiger partial charge is 0.456 e. The number of hydrogen-bond donors (Lipinski definition) is 1. The first-order valence-electron chi connectivity index (χ1n) is 16.2. The topological polar surface area (TPSA) is 50.8 Å². The summed E-state index contributed by atoms with van der Waals surface area (Å²) in [5.74, 6) is 1.76. The van der Waals surface area contributed by atoms with E-state index in [1.807, 2.05) is 30.3 Å². The van der Waals surface area contributed by atoms with E-state index < -0.39 is 5.60 Å². The van der Waals surface area contributed by atoms with Gasteiger partial charge in [0.25, 0.3) is 0 Å². The van der Waals surface area contributed by atoms with Crippen molar-refractivity contribution < 1.29 is 14.3 Å². The zero-order valence-electron chi connectivity index (χ0n) is 26.7. The number of carbonyl (C=O) groups is 1. The molecular weight excluding hydrogens is 544 g/mol. The van der Waals surface area contributed by atoms with Crippen molar-refractivity contribution in [2.75, 3.05) is 23.3 Å². The molecule has 5 heteroatoms. The number of unbranched alkanes of at least 4 members (excludes halogenated alkanes) is 3. The van der Waals surface area contributed by atoms with Crippen LogP contribution in [-0.4, -0.2) is 19.1 Å². The maximum Gasteiger partial charge on any atom is 0.340 e. The summed E-state index contributed by atoms with van der Waals surface area (Å²) in [6.45, 7) is 13.0. The SMILES string of the molecule is CCCCCCN(CCC(C)C)c1ccc2c(c1)Oc1cc(C)c(Nc3cccc(C)c3)cc1C21OC(=O)c2ccccc21. The number of nitrogens with one attached hydrogen (secondary N) is 1. The Hall–Kier alpha value is -4.25. The molecule has 4 aromatic rings. The van der Waals surface area contributed by atoms with Crippen LogP contribution in [0.15, 0.2) is 78.9 Å². The van der Waals surface area contributed by atoms with E-state index >= 15 is 0 Å². The summed E-state index contributed by atoms with van der Waals surface area (Å²) < 4.78 is 13.2. The average Bonchev–Trinajstić information content (AvgIpc) is 3.30. The molecule has 0 fully saturated rings. The Bertz CT molecular complexity index is 1680. The minimum absolute atomic E-state index is 0.313.